The van der Waals surface area contributed by atoms with Crippen LogP contribution in [-0.2, 0) is 15.6 Å². The Morgan fingerprint density at radius 2 is 1.86 bits per heavy atom. The van der Waals surface area contributed by atoms with E-state index in [9.17, 15) is 13.2 Å². The fourth-order valence-corrected chi connectivity index (χ4v) is 3.18. The van der Waals surface area contributed by atoms with E-state index in [0.717, 1.165) is 25.1 Å². The highest BCUT2D eigenvalue weighted by atomic mass is 32.2. The van der Waals surface area contributed by atoms with E-state index >= 15 is 0 Å². The topological polar surface area (TPSA) is 54.5 Å². The van der Waals surface area contributed by atoms with Gasteiger partial charge >= 0.3 is 0 Å². The smallest absolute Gasteiger partial charge is 0.253 e. The molecule has 4 nitrogen and oxygen atoms in total. The highest BCUT2D eigenvalue weighted by Crippen LogP contribution is 2.30. The van der Waals surface area contributed by atoms with Gasteiger partial charge in [-0.3, -0.25) is 4.79 Å². The van der Waals surface area contributed by atoms with E-state index < -0.39 is 9.84 Å². The number of carbonyl (C=O) groups is 1. The Balaban J connectivity index is 2.06. The minimum atomic E-state index is -3.04. The number of nitrogens with zero attached hydrogens (tertiary/aromatic N) is 1. The first kappa shape index (κ1) is 16.0. The summed E-state index contributed by atoms with van der Waals surface area (Å²) in [6, 6.07) is 6.93. The van der Waals surface area contributed by atoms with E-state index in [4.69, 9.17) is 0 Å². The van der Waals surface area contributed by atoms with Crippen LogP contribution in [0.25, 0.3) is 0 Å². The lowest BCUT2D eigenvalue weighted by Gasteiger charge is -2.22. The molecule has 1 aromatic rings. The SMILES string of the molecule is CCCN(CC1CC1)C(=O)c1ccc(CS(C)(=O)=O)cc1. The first-order valence-electron chi connectivity index (χ1n) is 7.45. The third-order valence-electron chi connectivity index (χ3n) is 3.59. The molecule has 0 bridgehead atoms. The number of benzene rings is 1. The minimum absolute atomic E-state index is 0.0161. The van der Waals surface area contributed by atoms with Crippen LogP contribution in [0.3, 0.4) is 0 Å². The number of rotatable bonds is 7. The van der Waals surface area contributed by atoms with E-state index in [-0.39, 0.29) is 11.7 Å². The van der Waals surface area contributed by atoms with E-state index in [0.29, 0.717) is 11.5 Å². The van der Waals surface area contributed by atoms with Crippen molar-refractivity contribution in [3.8, 4) is 0 Å². The molecule has 0 aromatic heterocycles. The lowest BCUT2D eigenvalue weighted by molar-refractivity contribution is 0.0747. The Morgan fingerprint density at radius 1 is 1.24 bits per heavy atom. The average Bonchev–Trinajstić information content (AvgIpc) is 3.20. The van der Waals surface area contributed by atoms with Crippen molar-refractivity contribution < 1.29 is 13.2 Å². The maximum Gasteiger partial charge on any atom is 0.253 e. The summed E-state index contributed by atoms with van der Waals surface area (Å²) in [4.78, 5) is 14.4. The third kappa shape index (κ3) is 5.16. The van der Waals surface area contributed by atoms with Gasteiger partial charge < -0.3 is 4.90 Å². The van der Waals surface area contributed by atoms with Gasteiger partial charge in [0.05, 0.1) is 5.75 Å². The fourth-order valence-electron chi connectivity index (χ4n) is 2.39. The van der Waals surface area contributed by atoms with Crippen LogP contribution in [-0.4, -0.2) is 38.6 Å². The molecule has 2 rings (SSSR count). The van der Waals surface area contributed by atoms with Gasteiger partial charge in [-0.1, -0.05) is 19.1 Å². The molecule has 1 amide bonds. The number of sulfone groups is 1. The molecule has 5 heteroatoms. The van der Waals surface area contributed by atoms with Crippen LogP contribution < -0.4 is 0 Å². The van der Waals surface area contributed by atoms with Gasteiger partial charge in [0.25, 0.3) is 5.91 Å². The summed E-state index contributed by atoms with van der Waals surface area (Å²) in [5.74, 6) is 0.738. The van der Waals surface area contributed by atoms with Crippen LogP contribution in [0.4, 0.5) is 0 Å². The number of hydrogen-bond donors (Lipinski definition) is 0. The third-order valence-corrected chi connectivity index (χ3v) is 4.44. The Labute approximate surface area is 127 Å². The van der Waals surface area contributed by atoms with Crippen LogP contribution in [0.15, 0.2) is 24.3 Å². The molecule has 1 fully saturated rings. The van der Waals surface area contributed by atoms with Crippen molar-refractivity contribution in [3.05, 3.63) is 35.4 Å². The molecule has 1 aliphatic rings. The summed E-state index contributed by atoms with van der Waals surface area (Å²) in [7, 11) is -3.04. The minimum Gasteiger partial charge on any atom is -0.338 e. The Bertz CT molecular complexity index is 588. The van der Waals surface area contributed by atoms with Crippen molar-refractivity contribution in [3.63, 3.8) is 0 Å². The van der Waals surface area contributed by atoms with Gasteiger partial charge in [-0.15, -0.1) is 0 Å². The number of carbonyl (C=O) groups excluding carboxylic acids is 1. The van der Waals surface area contributed by atoms with Gasteiger partial charge in [-0.05, 0) is 42.9 Å². The number of hydrogen-bond acceptors (Lipinski definition) is 3. The molecule has 0 atom stereocenters. The molecule has 1 saturated carbocycles. The van der Waals surface area contributed by atoms with Crippen LogP contribution >= 0.6 is 0 Å². The van der Waals surface area contributed by atoms with Crippen molar-refractivity contribution in [1.29, 1.82) is 0 Å². The molecule has 0 unspecified atom stereocenters. The zero-order valence-electron chi connectivity index (χ0n) is 12.7. The molecule has 0 heterocycles. The van der Waals surface area contributed by atoms with Crippen LogP contribution in [0.2, 0.25) is 0 Å². The zero-order valence-corrected chi connectivity index (χ0v) is 13.5. The lowest BCUT2D eigenvalue weighted by atomic mass is 10.1. The summed E-state index contributed by atoms with van der Waals surface area (Å²) in [5, 5.41) is 0. The highest BCUT2D eigenvalue weighted by Gasteiger charge is 2.26. The van der Waals surface area contributed by atoms with E-state index in [1.54, 1.807) is 24.3 Å². The maximum atomic E-state index is 12.5. The van der Waals surface area contributed by atoms with Crippen LogP contribution in [0, 0.1) is 5.92 Å². The number of amides is 1. The molecule has 0 radical (unpaired) electrons. The highest BCUT2D eigenvalue weighted by molar-refractivity contribution is 7.89. The predicted octanol–water partition coefficient (Wildman–Crippen LogP) is 2.49. The van der Waals surface area contributed by atoms with Crippen LogP contribution in [0.1, 0.15) is 42.1 Å². The van der Waals surface area contributed by atoms with Crippen LogP contribution in [0.5, 0.6) is 0 Å². The second kappa shape index (κ2) is 6.60. The van der Waals surface area contributed by atoms with E-state index in [1.165, 1.54) is 19.1 Å². The van der Waals surface area contributed by atoms with Gasteiger partial charge in [-0.2, -0.15) is 0 Å². The predicted molar refractivity (Wildman–Crippen MR) is 83.9 cm³/mol. The van der Waals surface area contributed by atoms with Crippen molar-refractivity contribution in [2.45, 2.75) is 31.9 Å². The monoisotopic (exact) mass is 309 g/mol. The summed E-state index contributed by atoms with van der Waals surface area (Å²) < 4.78 is 22.5. The average molecular weight is 309 g/mol. The first-order valence-corrected chi connectivity index (χ1v) is 9.51. The lowest BCUT2D eigenvalue weighted by Crippen LogP contribution is -2.33. The van der Waals surface area contributed by atoms with Crippen molar-refractivity contribution >= 4 is 15.7 Å². The molecular weight excluding hydrogens is 286 g/mol. The zero-order chi connectivity index (χ0) is 15.5. The maximum absolute atomic E-state index is 12.5. The molecule has 1 aliphatic carbocycles. The first-order chi connectivity index (χ1) is 9.89. The summed E-state index contributed by atoms with van der Waals surface area (Å²) >= 11 is 0. The fraction of sp³-hybridized carbons (Fsp3) is 0.562. The second-order valence-electron chi connectivity index (χ2n) is 5.96. The molecule has 0 spiro atoms. The summed E-state index contributed by atoms with van der Waals surface area (Å²) in [6.07, 6.45) is 4.61. The van der Waals surface area contributed by atoms with Crippen molar-refractivity contribution in [2.75, 3.05) is 19.3 Å². The van der Waals surface area contributed by atoms with Gasteiger partial charge in [0.2, 0.25) is 0 Å². The second-order valence-corrected chi connectivity index (χ2v) is 8.10. The van der Waals surface area contributed by atoms with E-state index in [1.807, 2.05) is 4.90 Å². The van der Waals surface area contributed by atoms with Gasteiger partial charge in [0, 0.05) is 24.9 Å². The molecule has 0 N–H and O–H groups in total. The van der Waals surface area contributed by atoms with E-state index in [2.05, 4.69) is 6.92 Å². The Kier molecular flexibility index (Phi) is 5.04. The van der Waals surface area contributed by atoms with Crippen molar-refractivity contribution in [2.24, 2.45) is 5.92 Å². The Hall–Kier alpha value is -1.36. The molecular formula is C16H23NO3S. The quantitative estimate of drug-likeness (QED) is 0.777. The largest absolute Gasteiger partial charge is 0.338 e. The molecule has 21 heavy (non-hydrogen) atoms. The van der Waals surface area contributed by atoms with Gasteiger partial charge in [-0.25, -0.2) is 8.42 Å². The summed E-state index contributed by atoms with van der Waals surface area (Å²) in [6.45, 7) is 3.70. The summed E-state index contributed by atoms with van der Waals surface area (Å²) in [5.41, 5.74) is 1.36. The van der Waals surface area contributed by atoms with Gasteiger partial charge in [0.15, 0.2) is 9.84 Å². The Morgan fingerprint density at radius 3 is 2.33 bits per heavy atom. The van der Waals surface area contributed by atoms with Crippen molar-refractivity contribution in [1.82, 2.24) is 4.90 Å². The standard InChI is InChI=1S/C16H23NO3S/c1-3-10-17(11-13-4-5-13)16(18)15-8-6-14(7-9-15)12-21(2,19)20/h6-9,13H,3-5,10-12H2,1-2H3. The van der Waals surface area contributed by atoms with Gasteiger partial charge in [0.1, 0.15) is 0 Å². The molecule has 0 saturated heterocycles. The molecule has 0 aliphatic heterocycles. The molecule has 1 aromatic carbocycles. The molecule has 116 valence electrons. The normalized spacial score (nSPS) is 15.0.